The van der Waals surface area contributed by atoms with Crippen molar-refractivity contribution < 1.29 is 27.2 Å². The van der Waals surface area contributed by atoms with Crippen LogP contribution in [0.15, 0.2) is 72.8 Å². The van der Waals surface area contributed by atoms with Crippen molar-refractivity contribution in [3.63, 3.8) is 0 Å². The molecule has 0 heterocycles. The molecular weight excluding hydrogens is 458 g/mol. The monoisotopic (exact) mass is 477 g/mol. The number of carbonyl (C=O) groups excluding carboxylic acids is 2. The number of hydrogen-bond donors (Lipinski definition) is 3. The molecule has 0 aliphatic heterocycles. The summed E-state index contributed by atoms with van der Waals surface area (Å²) in [5.41, 5.74) is 0.930. The molecule has 0 aliphatic rings. The highest BCUT2D eigenvalue weighted by Gasteiger charge is 2.30. The average molecular weight is 477 g/mol. The maximum atomic E-state index is 12.9. The van der Waals surface area contributed by atoms with Crippen LogP contribution in [0.1, 0.15) is 21.5 Å². The predicted octanol–water partition coefficient (Wildman–Crippen LogP) is 5.70. The van der Waals surface area contributed by atoms with Crippen molar-refractivity contribution in [3.8, 4) is 0 Å². The number of amides is 3. The maximum absolute atomic E-state index is 12.9. The quantitative estimate of drug-likeness (QED) is 0.315. The van der Waals surface area contributed by atoms with E-state index in [4.69, 9.17) is 0 Å². The molecule has 0 aromatic heterocycles. The number of carbonyl (C=O) groups is 2. The summed E-state index contributed by atoms with van der Waals surface area (Å²) < 4.78 is 51.9. The van der Waals surface area contributed by atoms with E-state index in [1.54, 1.807) is 24.3 Å². The lowest BCUT2D eigenvalue weighted by Crippen LogP contribution is -2.35. The summed E-state index contributed by atoms with van der Waals surface area (Å²) in [5, 5.41) is 5.27. The van der Waals surface area contributed by atoms with Crippen molar-refractivity contribution in [2.75, 3.05) is 16.2 Å². The first-order valence-electron chi connectivity index (χ1n) is 9.73. The van der Waals surface area contributed by atoms with E-state index in [2.05, 4.69) is 23.4 Å². The molecule has 33 heavy (non-hydrogen) atoms. The van der Waals surface area contributed by atoms with Crippen LogP contribution in [-0.2, 0) is 12.6 Å². The van der Waals surface area contributed by atoms with E-state index in [1.165, 1.54) is 24.3 Å². The number of hydrogen-bond acceptors (Lipinski definition) is 3. The van der Waals surface area contributed by atoms with Crippen LogP contribution in [0.5, 0.6) is 0 Å². The van der Waals surface area contributed by atoms with E-state index in [0.717, 1.165) is 34.1 Å². The Bertz CT molecular complexity index is 1100. The Hall–Kier alpha value is -3.53. The lowest BCUT2D eigenvalue weighted by molar-refractivity contribution is -0.137. The van der Waals surface area contributed by atoms with Gasteiger partial charge in [0.15, 0.2) is 0 Å². The largest absolute Gasteiger partial charge is 0.416 e. The first kappa shape index (κ1) is 24.1. The number of alkyl halides is 3. The second kappa shape index (κ2) is 10.4. The molecule has 0 saturated heterocycles. The molecule has 0 spiro atoms. The minimum absolute atomic E-state index is 0.0726. The molecule has 0 fully saturated rings. The van der Waals surface area contributed by atoms with Gasteiger partial charge in [-0.25, -0.2) is 13.5 Å². The Labute approximate surface area is 193 Å². The Kier molecular flexibility index (Phi) is 7.59. The smallest absolute Gasteiger partial charge is 0.337 e. The number of nitrogens with zero attached hydrogens (tertiary/aromatic N) is 1. The van der Waals surface area contributed by atoms with Crippen molar-refractivity contribution in [1.82, 2.24) is 5.32 Å². The zero-order chi connectivity index (χ0) is 24.0. The Morgan fingerprint density at radius 2 is 1.48 bits per heavy atom. The third kappa shape index (κ3) is 6.72. The fourth-order valence-corrected chi connectivity index (χ4v) is 3.06. The van der Waals surface area contributed by atoms with Crippen molar-refractivity contribution in [2.45, 2.75) is 12.6 Å². The highest BCUT2D eigenvalue weighted by Crippen LogP contribution is 2.29. The van der Waals surface area contributed by atoms with Crippen molar-refractivity contribution in [2.24, 2.45) is 0 Å². The summed E-state index contributed by atoms with van der Waals surface area (Å²) in [4.78, 5) is 24.5. The Morgan fingerprint density at radius 3 is 2.06 bits per heavy atom. The van der Waals surface area contributed by atoms with Gasteiger partial charge in [0.1, 0.15) is 5.82 Å². The van der Waals surface area contributed by atoms with Gasteiger partial charge in [0.2, 0.25) is 0 Å². The van der Waals surface area contributed by atoms with Gasteiger partial charge in [0, 0.05) is 17.8 Å². The highest BCUT2D eigenvalue weighted by atomic mass is 32.1. The SMILES string of the molecule is O=C(Nc1ccc(N(S)C(=O)NCCc2ccc(F)cc2)cc1)c1ccc(C(F)(F)F)cc1. The highest BCUT2D eigenvalue weighted by molar-refractivity contribution is 7.82. The summed E-state index contributed by atoms with van der Waals surface area (Å²) in [6.45, 7) is 0.322. The summed E-state index contributed by atoms with van der Waals surface area (Å²) >= 11 is 4.17. The molecule has 0 aliphatic carbocycles. The first-order valence-corrected chi connectivity index (χ1v) is 10.1. The fourth-order valence-electron chi connectivity index (χ4n) is 2.86. The van der Waals surface area contributed by atoms with Gasteiger partial charge in [-0.2, -0.15) is 13.2 Å². The molecule has 5 nitrogen and oxygen atoms in total. The van der Waals surface area contributed by atoms with E-state index in [-0.39, 0.29) is 11.4 Å². The van der Waals surface area contributed by atoms with E-state index >= 15 is 0 Å². The maximum Gasteiger partial charge on any atom is 0.416 e. The van der Waals surface area contributed by atoms with Crippen LogP contribution in [0.2, 0.25) is 0 Å². The van der Waals surface area contributed by atoms with Gasteiger partial charge in [-0.1, -0.05) is 24.9 Å². The number of benzene rings is 3. The van der Waals surface area contributed by atoms with Crippen LogP contribution in [0.25, 0.3) is 0 Å². The van der Waals surface area contributed by atoms with Gasteiger partial charge in [-0.05, 0) is 72.6 Å². The molecule has 0 saturated carbocycles. The van der Waals surface area contributed by atoms with Gasteiger partial charge in [0.05, 0.1) is 11.3 Å². The van der Waals surface area contributed by atoms with Crippen molar-refractivity contribution in [3.05, 3.63) is 95.3 Å². The summed E-state index contributed by atoms with van der Waals surface area (Å²) in [6, 6.07) is 15.5. The molecule has 3 aromatic carbocycles. The van der Waals surface area contributed by atoms with Crippen LogP contribution in [0.4, 0.5) is 33.7 Å². The van der Waals surface area contributed by atoms with Crippen molar-refractivity contribution >= 4 is 36.1 Å². The number of thiol groups is 1. The minimum Gasteiger partial charge on any atom is -0.337 e. The molecule has 0 unspecified atom stereocenters. The Balaban J connectivity index is 1.52. The molecule has 10 heteroatoms. The molecule has 0 radical (unpaired) electrons. The second-order valence-electron chi connectivity index (χ2n) is 7.00. The number of nitrogens with one attached hydrogen (secondary N) is 2. The molecular formula is C23H19F4N3O2S. The van der Waals surface area contributed by atoms with E-state index < -0.39 is 23.7 Å². The average Bonchev–Trinajstić information content (AvgIpc) is 2.80. The number of urea groups is 1. The van der Waals surface area contributed by atoms with Gasteiger partial charge in [-0.3, -0.25) is 4.79 Å². The lowest BCUT2D eigenvalue weighted by atomic mass is 10.1. The molecule has 172 valence electrons. The van der Waals surface area contributed by atoms with Crippen LogP contribution >= 0.6 is 12.8 Å². The molecule has 3 amide bonds. The van der Waals surface area contributed by atoms with Crippen LogP contribution in [0, 0.1) is 5.82 Å². The molecule has 2 N–H and O–H groups in total. The number of rotatable bonds is 6. The van der Waals surface area contributed by atoms with E-state index in [0.29, 0.717) is 24.3 Å². The van der Waals surface area contributed by atoms with Crippen LogP contribution in [-0.4, -0.2) is 18.5 Å². The van der Waals surface area contributed by atoms with Crippen LogP contribution < -0.4 is 14.9 Å². The third-order valence-corrected chi connectivity index (χ3v) is 5.05. The summed E-state index contributed by atoms with van der Waals surface area (Å²) in [7, 11) is 0. The van der Waals surface area contributed by atoms with Crippen LogP contribution in [0.3, 0.4) is 0 Å². The summed E-state index contributed by atoms with van der Waals surface area (Å²) in [5.74, 6) is -0.902. The van der Waals surface area contributed by atoms with Gasteiger partial charge >= 0.3 is 12.2 Å². The van der Waals surface area contributed by atoms with E-state index in [1.807, 2.05) is 0 Å². The standard InChI is InChI=1S/C23H19F4N3O2S/c24-18-7-1-15(2-8-18)13-14-28-22(32)30(33)20-11-9-19(10-12-20)29-21(31)16-3-5-17(6-4-16)23(25,26)27/h1-12,33H,13-14H2,(H,28,32)(H,29,31). The zero-order valence-electron chi connectivity index (χ0n) is 17.1. The number of anilines is 2. The van der Waals surface area contributed by atoms with Gasteiger partial charge in [-0.15, -0.1) is 0 Å². The van der Waals surface area contributed by atoms with E-state index in [9.17, 15) is 27.2 Å². The fraction of sp³-hybridized carbons (Fsp3) is 0.130. The molecule has 3 aromatic rings. The lowest BCUT2D eigenvalue weighted by Gasteiger charge is -2.17. The minimum atomic E-state index is -4.48. The molecule has 0 atom stereocenters. The second-order valence-corrected chi connectivity index (χ2v) is 7.40. The normalized spacial score (nSPS) is 11.1. The van der Waals surface area contributed by atoms with Gasteiger partial charge < -0.3 is 10.6 Å². The van der Waals surface area contributed by atoms with Crippen molar-refractivity contribution in [1.29, 1.82) is 0 Å². The Morgan fingerprint density at radius 1 is 0.879 bits per heavy atom. The molecule has 0 bridgehead atoms. The number of halogens is 4. The molecule has 3 rings (SSSR count). The zero-order valence-corrected chi connectivity index (χ0v) is 18.0. The predicted molar refractivity (Wildman–Crippen MR) is 121 cm³/mol. The topological polar surface area (TPSA) is 61.4 Å². The third-order valence-electron chi connectivity index (χ3n) is 4.64. The first-order chi connectivity index (χ1) is 15.6. The van der Waals surface area contributed by atoms with Gasteiger partial charge in [0.25, 0.3) is 5.91 Å². The summed E-state index contributed by atoms with van der Waals surface area (Å²) in [6.07, 6.45) is -3.96.